The van der Waals surface area contributed by atoms with Crippen molar-refractivity contribution in [1.82, 2.24) is 0 Å². The minimum atomic E-state index is -4.09. The van der Waals surface area contributed by atoms with Crippen LogP contribution in [-0.4, -0.2) is 44.9 Å². The highest BCUT2D eigenvalue weighted by Crippen LogP contribution is 2.29. The zero-order chi connectivity index (χ0) is 26.3. The van der Waals surface area contributed by atoms with Gasteiger partial charge in [0.05, 0.1) is 23.1 Å². The molecule has 3 aromatic rings. The number of phenols is 1. The van der Waals surface area contributed by atoms with Gasteiger partial charge in [0.2, 0.25) is 0 Å². The third kappa shape index (κ3) is 6.21. The molecule has 0 aliphatic heterocycles. The molecule has 36 heavy (non-hydrogen) atoms. The Balaban J connectivity index is 1.79. The van der Waals surface area contributed by atoms with E-state index in [1.807, 2.05) is 19.9 Å². The number of nitro benzene ring substituents is 1. The van der Waals surface area contributed by atoms with Gasteiger partial charge in [-0.1, -0.05) is 0 Å². The van der Waals surface area contributed by atoms with Crippen LogP contribution in [0.25, 0.3) is 0 Å². The molecule has 0 aliphatic rings. The quantitative estimate of drug-likeness (QED) is 0.194. The molecule has 0 fully saturated rings. The van der Waals surface area contributed by atoms with E-state index < -0.39 is 20.6 Å². The number of benzene rings is 3. The maximum atomic E-state index is 12.8. The van der Waals surface area contributed by atoms with Crippen molar-refractivity contribution in [2.75, 3.05) is 35.2 Å². The van der Waals surface area contributed by atoms with Crippen LogP contribution in [0.1, 0.15) is 19.4 Å². The fourth-order valence-corrected chi connectivity index (χ4v) is 4.47. The molecule has 3 rings (SSSR count). The molecular weight excluding hydrogens is 486 g/mol. The fraction of sp³-hybridized carbons (Fsp3) is 0.208. The van der Waals surface area contributed by atoms with Crippen LogP contribution in [0.2, 0.25) is 0 Å². The van der Waals surface area contributed by atoms with Gasteiger partial charge < -0.3 is 14.7 Å². The number of nitrogens with zero attached hydrogens (tertiary/aromatic N) is 3. The van der Waals surface area contributed by atoms with Gasteiger partial charge in [-0.2, -0.15) is 5.10 Å². The second kappa shape index (κ2) is 11.4. The first-order valence-electron chi connectivity index (χ1n) is 11.0. The second-order valence-electron chi connectivity index (χ2n) is 7.56. The first kappa shape index (κ1) is 26.3. The first-order valence-corrected chi connectivity index (χ1v) is 12.5. The number of sulfonamides is 1. The van der Waals surface area contributed by atoms with E-state index in [9.17, 15) is 23.6 Å². The van der Waals surface area contributed by atoms with Crippen LogP contribution in [0.3, 0.4) is 0 Å². The Bertz CT molecular complexity index is 1360. The van der Waals surface area contributed by atoms with E-state index in [1.54, 1.807) is 24.3 Å². The molecule has 0 saturated heterocycles. The van der Waals surface area contributed by atoms with E-state index in [0.717, 1.165) is 24.8 Å². The highest BCUT2D eigenvalue weighted by Gasteiger charge is 2.21. The van der Waals surface area contributed by atoms with Gasteiger partial charge in [0, 0.05) is 42.2 Å². The molecule has 0 radical (unpaired) electrons. The molecule has 190 valence electrons. The minimum absolute atomic E-state index is 0.00509. The zero-order valence-electron chi connectivity index (χ0n) is 20.0. The predicted octanol–water partition coefficient (Wildman–Crippen LogP) is 4.40. The number of rotatable bonds is 11. The summed E-state index contributed by atoms with van der Waals surface area (Å²) in [7, 11) is -2.60. The highest BCUT2D eigenvalue weighted by atomic mass is 32.2. The maximum absolute atomic E-state index is 12.8. The van der Waals surface area contributed by atoms with Crippen LogP contribution in [0, 0.1) is 10.1 Å². The Morgan fingerprint density at radius 1 is 1.08 bits per heavy atom. The first-order chi connectivity index (χ1) is 17.2. The van der Waals surface area contributed by atoms with Crippen molar-refractivity contribution in [2.45, 2.75) is 18.7 Å². The van der Waals surface area contributed by atoms with Gasteiger partial charge >= 0.3 is 0 Å². The number of anilines is 3. The number of methoxy groups -OCH3 is 1. The average Bonchev–Trinajstić information content (AvgIpc) is 2.86. The Labute approximate surface area is 209 Å². The molecule has 0 spiro atoms. The van der Waals surface area contributed by atoms with Crippen molar-refractivity contribution in [3.05, 3.63) is 76.3 Å². The van der Waals surface area contributed by atoms with Crippen molar-refractivity contribution < 1.29 is 23.2 Å². The van der Waals surface area contributed by atoms with Crippen molar-refractivity contribution >= 4 is 39.0 Å². The largest absolute Gasteiger partial charge is 0.507 e. The summed E-state index contributed by atoms with van der Waals surface area (Å²) in [6.07, 6.45) is 1.32. The minimum Gasteiger partial charge on any atom is -0.507 e. The molecule has 0 saturated carbocycles. The molecule has 3 aromatic carbocycles. The van der Waals surface area contributed by atoms with Crippen molar-refractivity contribution in [1.29, 1.82) is 0 Å². The lowest BCUT2D eigenvalue weighted by molar-refractivity contribution is -0.384. The van der Waals surface area contributed by atoms with Crippen molar-refractivity contribution in [3.63, 3.8) is 0 Å². The number of hydrogen-bond acceptors (Lipinski definition) is 9. The molecule has 3 N–H and O–H groups in total. The lowest BCUT2D eigenvalue weighted by atomic mass is 10.2. The summed E-state index contributed by atoms with van der Waals surface area (Å²) in [6, 6.07) is 14.8. The van der Waals surface area contributed by atoms with Gasteiger partial charge in [0.25, 0.3) is 15.7 Å². The maximum Gasteiger partial charge on any atom is 0.295 e. The van der Waals surface area contributed by atoms with E-state index in [0.29, 0.717) is 11.3 Å². The van der Waals surface area contributed by atoms with Gasteiger partial charge in [-0.3, -0.25) is 20.3 Å². The van der Waals surface area contributed by atoms with Gasteiger partial charge in [-0.25, -0.2) is 8.42 Å². The Morgan fingerprint density at radius 2 is 1.78 bits per heavy atom. The third-order valence-electron chi connectivity index (χ3n) is 5.35. The van der Waals surface area contributed by atoms with E-state index in [2.05, 4.69) is 20.1 Å². The number of nitrogens with one attached hydrogen (secondary N) is 2. The Kier molecular flexibility index (Phi) is 8.33. The molecule has 0 amide bonds. The number of hydrazone groups is 1. The average molecular weight is 514 g/mol. The van der Waals surface area contributed by atoms with Gasteiger partial charge in [-0.15, -0.1) is 0 Å². The standard InChI is InChI=1S/C24H27N5O6S/c1-4-28(5-2)19-9-6-17(24(30)14-19)16-25-26-22-13-12-21(15-23(22)29(31)32)36(33,34)27-18-7-10-20(35-3)11-8-18/h6-16,26-27,30H,4-5H2,1-3H3. The molecule has 0 atom stereocenters. The summed E-state index contributed by atoms with van der Waals surface area (Å²) in [5, 5.41) is 25.9. The van der Waals surface area contributed by atoms with Crippen LogP contribution >= 0.6 is 0 Å². The molecule has 0 heterocycles. The lowest BCUT2D eigenvalue weighted by Crippen LogP contribution is -2.21. The monoisotopic (exact) mass is 513 g/mol. The summed E-state index contributed by atoms with van der Waals surface area (Å²) in [4.78, 5) is 12.7. The summed E-state index contributed by atoms with van der Waals surface area (Å²) in [6.45, 7) is 5.60. The topological polar surface area (TPSA) is 146 Å². The van der Waals surface area contributed by atoms with Crippen LogP contribution in [-0.2, 0) is 10.0 Å². The van der Waals surface area contributed by atoms with Crippen LogP contribution < -0.4 is 19.8 Å². The highest BCUT2D eigenvalue weighted by molar-refractivity contribution is 7.92. The smallest absolute Gasteiger partial charge is 0.295 e. The summed E-state index contributed by atoms with van der Waals surface area (Å²) < 4.78 is 32.9. The van der Waals surface area contributed by atoms with E-state index in [-0.39, 0.29) is 22.0 Å². The molecule has 12 heteroatoms. The Morgan fingerprint density at radius 3 is 2.36 bits per heavy atom. The number of phenolic OH excluding ortho intramolecular Hbond substituents is 1. The third-order valence-corrected chi connectivity index (χ3v) is 6.73. The molecule has 0 bridgehead atoms. The zero-order valence-corrected chi connectivity index (χ0v) is 20.8. The molecule has 0 unspecified atom stereocenters. The SMILES string of the molecule is CCN(CC)c1ccc(C=NNc2ccc(S(=O)(=O)Nc3ccc(OC)cc3)cc2[N+](=O)[O-])c(O)c1. The van der Waals surface area contributed by atoms with Gasteiger partial charge in [0.1, 0.15) is 17.2 Å². The summed E-state index contributed by atoms with van der Waals surface area (Å²) >= 11 is 0. The van der Waals surface area contributed by atoms with Gasteiger partial charge in [-0.05, 0) is 62.4 Å². The lowest BCUT2D eigenvalue weighted by Gasteiger charge is -2.21. The fourth-order valence-electron chi connectivity index (χ4n) is 3.40. The van der Waals surface area contributed by atoms with E-state index in [4.69, 9.17) is 4.74 Å². The van der Waals surface area contributed by atoms with Crippen LogP contribution in [0.4, 0.5) is 22.7 Å². The molecule has 0 aliphatic carbocycles. The van der Waals surface area contributed by atoms with Crippen molar-refractivity contribution in [3.8, 4) is 11.5 Å². The summed E-state index contributed by atoms with van der Waals surface area (Å²) in [5.41, 5.74) is 3.59. The Hall–Kier alpha value is -4.32. The normalized spacial score (nSPS) is 11.3. The number of ether oxygens (including phenoxy) is 1. The molecule has 11 nitrogen and oxygen atoms in total. The van der Waals surface area contributed by atoms with Crippen molar-refractivity contribution in [2.24, 2.45) is 5.10 Å². The van der Waals surface area contributed by atoms with Crippen LogP contribution in [0.5, 0.6) is 11.5 Å². The number of aromatic hydroxyl groups is 1. The summed E-state index contributed by atoms with van der Waals surface area (Å²) in [5.74, 6) is 0.559. The van der Waals surface area contributed by atoms with E-state index in [1.165, 1.54) is 37.6 Å². The van der Waals surface area contributed by atoms with E-state index >= 15 is 0 Å². The molecule has 0 aromatic heterocycles. The second-order valence-corrected chi connectivity index (χ2v) is 9.24. The number of hydrogen-bond donors (Lipinski definition) is 3. The van der Waals surface area contributed by atoms with Gasteiger partial charge in [0.15, 0.2) is 0 Å². The van der Waals surface area contributed by atoms with Crippen LogP contribution in [0.15, 0.2) is 70.7 Å². The number of nitro groups is 1. The molecular formula is C24H27N5O6S. The predicted molar refractivity (Wildman–Crippen MR) is 140 cm³/mol.